The zero-order valence-electron chi connectivity index (χ0n) is 18.2. The third-order valence-electron chi connectivity index (χ3n) is 6.91. The minimum absolute atomic E-state index is 0.0923. The Hall–Kier alpha value is -3.06. The van der Waals surface area contributed by atoms with Crippen molar-refractivity contribution < 1.29 is 14.3 Å². The number of aryl methyl sites for hydroxylation is 1. The van der Waals surface area contributed by atoms with Crippen molar-refractivity contribution in [1.82, 2.24) is 10.3 Å². The first-order valence-corrected chi connectivity index (χ1v) is 12.4. The first kappa shape index (κ1) is 20.5. The lowest BCUT2D eigenvalue weighted by Gasteiger charge is -2.34. The van der Waals surface area contributed by atoms with Crippen molar-refractivity contribution >= 4 is 39.6 Å². The largest absolute Gasteiger partial charge is 0.489 e. The second-order valence-corrected chi connectivity index (χ2v) is 10.1. The highest BCUT2D eigenvalue weighted by Gasteiger charge is 2.41. The van der Waals surface area contributed by atoms with Gasteiger partial charge in [0.25, 0.3) is 5.24 Å². The number of para-hydroxylation sites is 1. The molecule has 1 N–H and O–H groups in total. The molecule has 2 saturated heterocycles. The molecule has 6 rings (SSSR count). The van der Waals surface area contributed by atoms with Gasteiger partial charge in [0, 0.05) is 17.8 Å². The van der Waals surface area contributed by atoms with Gasteiger partial charge in [-0.1, -0.05) is 36.0 Å². The molecule has 168 valence electrons. The SMILES string of the molecule is O=C1NC(=O)C([C@@H]2CCc3cc(O[C@H]4CCCN(c5ccc6ccccc6n5)C4)ccc32)S1. The fourth-order valence-electron chi connectivity index (χ4n) is 5.32. The minimum atomic E-state index is -0.313. The van der Waals surface area contributed by atoms with Crippen molar-refractivity contribution in [3.8, 4) is 5.75 Å². The molecule has 3 aromatic rings. The Bertz CT molecular complexity index is 1250. The van der Waals surface area contributed by atoms with Gasteiger partial charge in [-0.3, -0.25) is 14.9 Å². The van der Waals surface area contributed by atoms with E-state index in [0.29, 0.717) is 0 Å². The molecule has 7 heteroatoms. The van der Waals surface area contributed by atoms with E-state index >= 15 is 0 Å². The molecule has 1 aliphatic carbocycles. The normalized spacial score (nSPS) is 24.7. The van der Waals surface area contributed by atoms with Gasteiger partial charge in [-0.2, -0.15) is 0 Å². The number of carbonyl (C=O) groups excluding carboxylic acids is 2. The molecule has 6 nitrogen and oxygen atoms in total. The lowest BCUT2D eigenvalue weighted by Crippen LogP contribution is -2.41. The predicted octanol–water partition coefficient (Wildman–Crippen LogP) is 4.66. The van der Waals surface area contributed by atoms with Gasteiger partial charge >= 0.3 is 0 Å². The number of aromatic nitrogens is 1. The fraction of sp³-hybridized carbons (Fsp3) is 0.346. The summed E-state index contributed by atoms with van der Waals surface area (Å²) in [7, 11) is 0. The number of fused-ring (bicyclic) bond motifs is 2. The van der Waals surface area contributed by atoms with E-state index in [-0.39, 0.29) is 28.4 Å². The number of anilines is 1. The van der Waals surface area contributed by atoms with Crippen molar-refractivity contribution in [2.24, 2.45) is 0 Å². The van der Waals surface area contributed by atoms with E-state index in [0.717, 1.165) is 73.0 Å². The van der Waals surface area contributed by atoms with Gasteiger partial charge in [-0.05, 0) is 67.1 Å². The molecule has 0 radical (unpaired) electrons. The maximum Gasteiger partial charge on any atom is 0.286 e. The maximum absolute atomic E-state index is 12.1. The van der Waals surface area contributed by atoms with E-state index in [2.05, 4.69) is 46.6 Å². The van der Waals surface area contributed by atoms with E-state index in [1.807, 2.05) is 18.2 Å². The van der Waals surface area contributed by atoms with Gasteiger partial charge in [0.05, 0.1) is 12.1 Å². The van der Waals surface area contributed by atoms with Crippen LogP contribution in [0.3, 0.4) is 0 Å². The lowest BCUT2D eigenvalue weighted by atomic mass is 9.97. The molecule has 2 aromatic carbocycles. The third kappa shape index (κ3) is 3.95. The number of pyridine rings is 1. The number of thioether (sulfide) groups is 1. The van der Waals surface area contributed by atoms with Crippen molar-refractivity contribution in [1.29, 1.82) is 0 Å². The smallest absolute Gasteiger partial charge is 0.286 e. The molecule has 3 aliphatic rings. The molecule has 0 saturated carbocycles. The molecular weight excluding hydrogens is 434 g/mol. The van der Waals surface area contributed by atoms with E-state index in [4.69, 9.17) is 9.72 Å². The van der Waals surface area contributed by atoms with Crippen LogP contribution >= 0.6 is 11.8 Å². The van der Waals surface area contributed by atoms with Crippen molar-refractivity contribution in [2.75, 3.05) is 18.0 Å². The summed E-state index contributed by atoms with van der Waals surface area (Å²) in [4.78, 5) is 30.9. The minimum Gasteiger partial charge on any atom is -0.489 e. The summed E-state index contributed by atoms with van der Waals surface area (Å²) < 4.78 is 6.41. The molecule has 3 atom stereocenters. The Balaban J connectivity index is 1.15. The highest BCUT2D eigenvalue weighted by molar-refractivity contribution is 8.15. The van der Waals surface area contributed by atoms with E-state index in [1.165, 1.54) is 11.1 Å². The second-order valence-electron chi connectivity index (χ2n) is 9.01. The number of amides is 2. The third-order valence-corrected chi connectivity index (χ3v) is 8.02. The highest BCUT2D eigenvalue weighted by atomic mass is 32.2. The van der Waals surface area contributed by atoms with Crippen LogP contribution < -0.4 is 15.0 Å². The van der Waals surface area contributed by atoms with Gasteiger partial charge in [-0.25, -0.2) is 4.98 Å². The van der Waals surface area contributed by atoms with Gasteiger partial charge < -0.3 is 9.64 Å². The number of ether oxygens (including phenoxy) is 1. The number of imide groups is 1. The van der Waals surface area contributed by atoms with E-state index in [9.17, 15) is 9.59 Å². The zero-order chi connectivity index (χ0) is 22.4. The van der Waals surface area contributed by atoms with Crippen LogP contribution in [0.4, 0.5) is 10.6 Å². The van der Waals surface area contributed by atoms with Crippen LogP contribution in [0.2, 0.25) is 0 Å². The van der Waals surface area contributed by atoms with E-state index in [1.54, 1.807) is 0 Å². The molecule has 2 fully saturated rings. The Morgan fingerprint density at radius 1 is 1.06 bits per heavy atom. The van der Waals surface area contributed by atoms with Crippen molar-refractivity contribution in [3.05, 3.63) is 65.7 Å². The molecular formula is C26H25N3O3S. The number of hydrogen-bond acceptors (Lipinski definition) is 6. The summed E-state index contributed by atoms with van der Waals surface area (Å²) in [5.74, 6) is 1.82. The molecule has 1 aromatic heterocycles. The summed E-state index contributed by atoms with van der Waals surface area (Å²) in [5.41, 5.74) is 3.42. The van der Waals surface area contributed by atoms with Gasteiger partial charge in [-0.15, -0.1) is 0 Å². The molecule has 33 heavy (non-hydrogen) atoms. The number of hydrogen-bond donors (Lipinski definition) is 1. The van der Waals surface area contributed by atoms with Crippen LogP contribution in [0.15, 0.2) is 54.6 Å². The second kappa shape index (κ2) is 8.37. The first-order chi connectivity index (χ1) is 16.1. The Kier molecular flexibility index (Phi) is 5.21. The zero-order valence-corrected chi connectivity index (χ0v) is 19.0. The average molecular weight is 460 g/mol. The molecule has 2 amide bonds. The average Bonchev–Trinajstić information content (AvgIpc) is 3.40. The van der Waals surface area contributed by atoms with Crippen LogP contribution in [-0.4, -0.2) is 40.6 Å². The number of nitrogens with zero attached hydrogens (tertiary/aromatic N) is 2. The quantitative estimate of drug-likeness (QED) is 0.612. The Morgan fingerprint density at radius 2 is 1.97 bits per heavy atom. The molecule has 2 aliphatic heterocycles. The van der Waals surface area contributed by atoms with Crippen LogP contribution in [-0.2, 0) is 11.2 Å². The summed E-state index contributed by atoms with van der Waals surface area (Å²) in [6.45, 7) is 1.79. The highest BCUT2D eigenvalue weighted by Crippen LogP contribution is 2.43. The maximum atomic E-state index is 12.1. The van der Waals surface area contributed by atoms with Crippen LogP contribution in [0.25, 0.3) is 10.9 Å². The summed E-state index contributed by atoms with van der Waals surface area (Å²) in [6.07, 6.45) is 3.99. The van der Waals surface area contributed by atoms with Crippen molar-refractivity contribution in [2.45, 2.75) is 43.0 Å². The topological polar surface area (TPSA) is 71.5 Å². The van der Waals surface area contributed by atoms with E-state index < -0.39 is 0 Å². The van der Waals surface area contributed by atoms with Gasteiger partial charge in [0.15, 0.2) is 0 Å². The Labute approximate surface area is 196 Å². The van der Waals surface area contributed by atoms with Crippen molar-refractivity contribution in [3.63, 3.8) is 0 Å². The summed E-state index contributed by atoms with van der Waals surface area (Å²) in [5, 5.41) is 3.02. The number of benzene rings is 2. The molecule has 0 bridgehead atoms. The number of rotatable bonds is 4. The molecule has 1 unspecified atom stereocenters. The van der Waals surface area contributed by atoms with Gasteiger partial charge in [0.2, 0.25) is 5.91 Å². The summed E-state index contributed by atoms with van der Waals surface area (Å²) in [6, 6.07) is 18.7. The van der Waals surface area contributed by atoms with Gasteiger partial charge in [0.1, 0.15) is 22.9 Å². The number of carbonyl (C=O) groups is 2. The summed E-state index contributed by atoms with van der Waals surface area (Å²) >= 11 is 1.12. The lowest BCUT2D eigenvalue weighted by molar-refractivity contribution is -0.119. The van der Waals surface area contributed by atoms with Crippen LogP contribution in [0, 0.1) is 0 Å². The number of piperidine rings is 1. The predicted molar refractivity (Wildman–Crippen MR) is 130 cm³/mol. The van der Waals surface area contributed by atoms with Crippen LogP contribution in [0.5, 0.6) is 5.75 Å². The van der Waals surface area contributed by atoms with Crippen LogP contribution in [0.1, 0.15) is 36.3 Å². The first-order valence-electron chi connectivity index (χ1n) is 11.6. The monoisotopic (exact) mass is 459 g/mol. The molecule has 0 spiro atoms. The standard InChI is InChI=1S/C26H25N3O3S/c30-25-24(33-26(31)28-25)21-10-7-17-14-18(9-11-20(17)21)32-19-5-3-13-29(15-19)23-12-8-16-4-1-2-6-22(16)27-23/h1-2,4,6,8-9,11-12,14,19,21,24H,3,5,7,10,13,15H2,(H,28,30,31)/t19-,21+,24?/m0/s1. The number of nitrogens with one attached hydrogen (secondary N) is 1. The fourth-order valence-corrected chi connectivity index (χ4v) is 6.32. The molecule has 3 heterocycles. The Morgan fingerprint density at radius 3 is 2.85 bits per heavy atom.